The minimum atomic E-state index is 0.0216. The largest absolute Gasteiger partial charge is 0.294 e. The van der Waals surface area contributed by atoms with Crippen molar-refractivity contribution in [2.75, 3.05) is 0 Å². The van der Waals surface area contributed by atoms with Crippen molar-refractivity contribution in [2.45, 2.75) is 6.92 Å². The number of rotatable bonds is 2. The van der Waals surface area contributed by atoms with Gasteiger partial charge >= 0.3 is 0 Å². The van der Waals surface area contributed by atoms with E-state index in [4.69, 9.17) is 0 Å². The van der Waals surface area contributed by atoms with Gasteiger partial charge in [-0.15, -0.1) is 0 Å². The zero-order valence-electron chi connectivity index (χ0n) is 10.2. The van der Waals surface area contributed by atoms with Crippen LogP contribution in [0.3, 0.4) is 0 Å². The molecule has 90 valence electrons. The van der Waals surface area contributed by atoms with E-state index in [1.165, 1.54) is 0 Å². The number of pyridine rings is 1. The van der Waals surface area contributed by atoms with E-state index < -0.39 is 0 Å². The first-order valence-corrected chi connectivity index (χ1v) is 5.62. The highest BCUT2D eigenvalue weighted by atomic mass is 16.1. The maximum absolute atomic E-state index is 11.5. The number of fused-ring (bicyclic) bond motifs is 1. The van der Waals surface area contributed by atoms with E-state index in [-0.39, 0.29) is 5.78 Å². The van der Waals surface area contributed by atoms with Gasteiger partial charge in [-0.25, -0.2) is 4.52 Å². The lowest BCUT2D eigenvalue weighted by atomic mass is 10.1. The molecule has 5 nitrogen and oxygen atoms in total. The van der Waals surface area contributed by atoms with E-state index in [9.17, 15) is 4.79 Å². The van der Waals surface area contributed by atoms with Crippen molar-refractivity contribution in [3.8, 4) is 11.1 Å². The standard InChI is InChI=1S/C13H12N4O/c1-9(18)12-7-15-17-4-3-10(5-13(12)17)11-6-14-16(2)8-11/h3-8H,1-2H3. The van der Waals surface area contributed by atoms with Crippen molar-refractivity contribution in [3.05, 3.63) is 42.5 Å². The topological polar surface area (TPSA) is 52.2 Å². The molecule has 0 amide bonds. The molecule has 3 aromatic heterocycles. The summed E-state index contributed by atoms with van der Waals surface area (Å²) in [5.74, 6) is 0.0216. The molecular weight excluding hydrogens is 228 g/mol. The fourth-order valence-electron chi connectivity index (χ4n) is 2.00. The van der Waals surface area contributed by atoms with Crippen LogP contribution in [0.4, 0.5) is 0 Å². The summed E-state index contributed by atoms with van der Waals surface area (Å²) in [6, 6.07) is 3.92. The van der Waals surface area contributed by atoms with Crippen molar-refractivity contribution < 1.29 is 4.79 Å². The summed E-state index contributed by atoms with van der Waals surface area (Å²) in [4.78, 5) is 11.5. The number of aryl methyl sites for hydroxylation is 1. The Morgan fingerprint density at radius 1 is 1.22 bits per heavy atom. The third-order valence-electron chi connectivity index (χ3n) is 2.94. The Morgan fingerprint density at radius 3 is 2.72 bits per heavy atom. The van der Waals surface area contributed by atoms with Crippen molar-refractivity contribution in [2.24, 2.45) is 7.05 Å². The van der Waals surface area contributed by atoms with Gasteiger partial charge in [0.15, 0.2) is 5.78 Å². The molecule has 0 N–H and O–H groups in total. The summed E-state index contributed by atoms with van der Waals surface area (Å²) in [6.07, 6.45) is 7.19. The van der Waals surface area contributed by atoms with E-state index in [0.717, 1.165) is 16.6 Å². The minimum absolute atomic E-state index is 0.0216. The molecule has 3 rings (SSSR count). The van der Waals surface area contributed by atoms with Gasteiger partial charge in [0, 0.05) is 25.0 Å². The maximum atomic E-state index is 11.5. The third kappa shape index (κ3) is 1.60. The van der Waals surface area contributed by atoms with Crippen LogP contribution >= 0.6 is 0 Å². The number of ketones is 1. The normalized spacial score (nSPS) is 11.0. The molecule has 0 bridgehead atoms. The zero-order chi connectivity index (χ0) is 12.7. The Morgan fingerprint density at radius 2 is 2.06 bits per heavy atom. The van der Waals surface area contributed by atoms with Gasteiger partial charge in [-0.2, -0.15) is 10.2 Å². The van der Waals surface area contributed by atoms with E-state index in [2.05, 4.69) is 10.2 Å². The molecular formula is C13H12N4O. The SMILES string of the molecule is CC(=O)c1cnn2ccc(-c3cnn(C)c3)cc12. The number of hydrogen-bond acceptors (Lipinski definition) is 3. The van der Waals surface area contributed by atoms with Crippen molar-refractivity contribution >= 4 is 11.3 Å². The Kier molecular flexibility index (Phi) is 2.26. The quantitative estimate of drug-likeness (QED) is 0.643. The summed E-state index contributed by atoms with van der Waals surface area (Å²) in [6.45, 7) is 1.55. The highest BCUT2D eigenvalue weighted by Crippen LogP contribution is 2.22. The average molecular weight is 240 g/mol. The molecule has 0 atom stereocenters. The fraction of sp³-hybridized carbons (Fsp3) is 0.154. The van der Waals surface area contributed by atoms with Crippen LogP contribution in [0.25, 0.3) is 16.6 Å². The molecule has 0 saturated heterocycles. The Bertz CT molecular complexity index is 738. The Labute approximate surface area is 104 Å². The molecule has 0 aliphatic carbocycles. The van der Waals surface area contributed by atoms with Gasteiger partial charge in [0.25, 0.3) is 0 Å². The van der Waals surface area contributed by atoms with E-state index >= 15 is 0 Å². The monoisotopic (exact) mass is 240 g/mol. The zero-order valence-corrected chi connectivity index (χ0v) is 10.2. The highest BCUT2D eigenvalue weighted by Gasteiger charge is 2.10. The van der Waals surface area contributed by atoms with E-state index in [1.807, 2.05) is 31.6 Å². The van der Waals surface area contributed by atoms with Crippen LogP contribution < -0.4 is 0 Å². The molecule has 5 heteroatoms. The molecule has 0 spiro atoms. The molecule has 0 aliphatic heterocycles. The van der Waals surface area contributed by atoms with Crippen LogP contribution in [0.5, 0.6) is 0 Å². The average Bonchev–Trinajstić information content (AvgIpc) is 2.93. The molecule has 3 aromatic rings. The van der Waals surface area contributed by atoms with Crippen molar-refractivity contribution in [3.63, 3.8) is 0 Å². The summed E-state index contributed by atoms with van der Waals surface area (Å²) in [5.41, 5.74) is 3.51. The van der Waals surface area contributed by atoms with Gasteiger partial charge in [0.05, 0.1) is 23.5 Å². The van der Waals surface area contributed by atoms with Crippen LogP contribution in [0, 0.1) is 0 Å². The minimum Gasteiger partial charge on any atom is -0.294 e. The number of carbonyl (C=O) groups is 1. The summed E-state index contributed by atoms with van der Waals surface area (Å²) in [7, 11) is 1.88. The number of hydrogen-bond donors (Lipinski definition) is 0. The van der Waals surface area contributed by atoms with Gasteiger partial charge in [-0.05, 0) is 24.6 Å². The van der Waals surface area contributed by atoms with Gasteiger partial charge < -0.3 is 0 Å². The second kappa shape index (κ2) is 3.80. The van der Waals surface area contributed by atoms with Gasteiger partial charge in [-0.3, -0.25) is 9.48 Å². The van der Waals surface area contributed by atoms with Crippen LogP contribution in [0.2, 0.25) is 0 Å². The van der Waals surface area contributed by atoms with Crippen LogP contribution in [0.15, 0.2) is 36.9 Å². The van der Waals surface area contributed by atoms with E-state index in [0.29, 0.717) is 5.56 Å². The second-order valence-corrected chi connectivity index (χ2v) is 4.26. The number of aromatic nitrogens is 4. The molecule has 0 unspecified atom stereocenters. The van der Waals surface area contributed by atoms with Crippen molar-refractivity contribution in [1.82, 2.24) is 19.4 Å². The molecule has 0 saturated carbocycles. The first kappa shape index (κ1) is 10.7. The lowest BCUT2D eigenvalue weighted by molar-refractivity contribution is 0.101. The van der Waals surface area contributed by atoms with Crippen LogP contribution in [-0.4, -0.2) is 25.2 Å². The maximum Gasteiger partial charge on any atom is 0.163 e. The Hall–Kier alpha value is -2.43. The fourth-order valence-corrected chi connectivity index (χ4v) is 2.00. The van der Waals surface area contributed by atoms with E-state index in [1.54, 1.807) is 28.5 Å². The molecule has 18 heavy (non-hydrogen) atoms. The van der Waals surface area contributed by atoms with Gasteiger partial charge in [0.1, 0.15) is 0 Å². The predicted molar refractivity (Wildman–Crippen MR) is 67.4 cm³/mol. The number of nitrogens with zero attached hydrogens (tertiary/aromatic N) is 4. The highest BCUT2D eigenvalue weighted by molar-refractivity contribution is 6.01. The molecule has 0 radical (unpaired) electrons. The van der Waals surface area contributed by atoms with Crippen LogP contribution in [0.1, 0.15) is 17.3 Å². The lowest BCUT2D eigenvalue weighted by Crippen LogP contribution is -1.92. The molecule has 0 aliphatic rings. The summed E-state index contributed by atoms with van der Waals surface area (Å²) >= 11 is 0. The predicted octanol–water partition coefficient (Wildman–Crippen LogP) is 1.94. The smallest absolute Gasteiger partial charge is 0.163 e. The second-order valence-electron chi connectivity index (χ2n) is 4.26. The molecule has 0 aromatic carbocycles. The first-order valence-electron chi connectivity index (χ1n) is 5.62. The first-order chi connectivity index (χ1) is 8.65. The number of Topliss-reactive ketones (excluding diaryl/α,β-unsaturated/α-hetero) is 1. The third-order valence-corrected chi connectivity index (χ3v) is 2.94. The van der Waals surface area contributed by atoms with Crippen molar-refractivity contribution in [1.29, 1.82) is 0 Å². The van der Waals surface area contributed by atoms with Crippen LogP contribution in [-0.2, 0) is 7.05 Å². The van der Waals surface area contributed by atoms with Gasteiger partial charge in [-0.1, -0.05) is 0 Å². The lowest BCUT2D eigenvalue weighted by Gasteiger charge is -2.00. The summed E-state index contributed by atoms with van der Waals surface area (Å²) < 4.78 is 3.46. The molecule has 3 heterocycles. The summed E-state index contributed by atoms with van der Waals surface area (Å²) in [5, 5.41) is 8.30. The molecule has 0 fully saturated rings. The Balaban J connectivity index is 2.20. The van der Waals surface area contributed by atoms with Gasteiger partial charge in [0.2, 0.25) is 0 Å². The number of carbonyl (C=O) groups excluding carboxylic acids is 1.